The molecule has 2 aliphatic carbocycles. The van der Waals surface area contributed by atoms with Gasteiger partial charge in [0.2, 0.25) is 23.1 Å². The van der Waals surface area contributed by atoms with Gasteiger partial charge in [0.1, 0.15) is 0 Å². The van der Waals surface area contributed by atoms with Crippen LogP contribution in [0.1, 0.15) is 63.7 Å². The lowest BCUT2D eigenvalue weighted by Crippen LogP contribution is -2.27. The Balaban J connectivity index is 1.36. The Morgan fingerprint density at radius 3 is 1.07 bits per heavy atom. The largest absolute Gasteiger partial charge is 0.285 e. The zero-order valence-corrected chi connectivity index (χ0v) is 24.0. The number of rotatable bonds is 6. The van der Waals surface area contributed by atoms with Crippen molar-refractivity contribution < 1.29 is 19.2 Å². The summed E-state index contributed by atoms with van der Waals surface area (Å²) in [7, 11) is 0. The highest BCUT2D eigenvalue weighted by molar-refractivity contribution is 6.50. The third-order valence-corrected chi connectivity index (χ3v) is 9.10. The molecule has 2 aliphatic rings. The minimum Gasteiger partial charge on any atom is -0.285 e. The van der Waals surface area contributed by atoms with Crippen molar-refractivity contribution in [2.45, 2.75) is 5.41 Å². The Labute approximate surface area is 259 Å². The van der Waals surface area contributed by atoms with Crippen LogP contribution in [0.15, 0.2) is 146 Å². The summed E-state index contributed by atoms with van der Waals surface area (Å²) in [5, 5.41) is 0. The number of carbonyl (C=O) groups is 4. The minimum absolute atomic E-state index is 0.298. The molecule has 0 radical (unpaired) electrons. The molecule has 4 nitrogen and oxygen atoms in total. The number of hydrogen-bond donors (Lipinski definition) is 0. The van der Waals surface area contributed by atoms with E-state index in [2.05, 4.69) is 24.3 Å². The molecule has 212 valence electrons. The molecule has 0 heterocycles. The highest BCUT2D eigenvalue weighted by Gasteiger charge is 2.52. The predicted octanol–water partition coefficient (Wildman–Crippen LogP) is 8.16. The summed E-state index contributed by atoms with van der Waals surface area (Å²) < 4.78 is 0. The summed E-state index contributed by atoms with van der Waals surface area (Å²) in [6.07, 6.45) is 0. The molecule has 0 aromatic heterocycles. The smallest absolute Gasteiger partial charge is 0.233 e. The highest BCUT2D eigenvalue weighted by Crippen LogP contribution is 2.62. The Bertz CT molecular complexity index is 2070. The molecule has 0 fully saturated rings. The number of carbonyl (C=O) groups excluding carboxylic acids is 4. The third kappa shape index (κ3) is 3.79. The topological polar surface area (TPSA) is 68.3 Å². The van der Waals surface area contributed by atoms with Crippen LogP contribution < -0.4 is 0 Å². The number of benzene rings is 6. The van der Waals surface area contributed by atoms with Crippen molar-refractivity contribution in [3.05, 3.63) is 190 Å². The molecule has 1 spiro atoms. The van der Waals surface area contributed by atoms with Crippen LogP contribution >= 0.6 is 0 Å². The molecule has 45 heavy (non-hydrogen) atoms. The lowest BCUT2D eigenvalue weighted by Gasteiger charge is -2.30. The van der Waals surface area contributed by atoms with E-state index in [1.54, 1.807) is 72.8 Å². The first-order valence-corrected chi connectivity index (χ1v) is 14.8. The van der Waals surface area contributed by atoms with Gasteiger partial charge in [-0.05, 0) is 56.6 Å². The summed E-state index contributed by atoms with van der Waals surface area (Å²) in [6.45, 7) is 0. The van der Waals surface area contributed by atoms with E-state index in [-0.39, 0.29) is 0 Å². The second kappa shape index (κ2) is 10.0. The maximum atomic E-state index is 13.6. The minimum atomic E-state index is -0.865. The van der Waals surface area contributed by atoms with E-state index in [4.69, 9.17) is 0 Å². The first-order valence-electron chi connectivity index (χ1n) is 14.8. The van der Waals surface area contributed by atoms with E-state index in [0.29, 0.717) is 22.3 Å². The molecule has 0 amide bonds. The fourth-order valence-electron chi connectivity index (χ4n) is 7.13. The van der Waals surface area contributed by atoms with Crippen molar-refractivity contribution >= 4 is 23.1 Å². The average molecular weight is 581 g/mol. The summed E-state index contributed by atoms with van der Waals surface area (Å²) >= 11 is 0. The SMILES string of the molecule is O=C(C(=O)c1ccc2c(c1)C1(c3ccccc3-c3ccccc31)c1cc(C(=O)C(=O)c3ccccc3)ccc1-2)c1ccccc1. The standard InChI is InChI=1S/C41H24O4/c42-37(25-11-3-1-4-12-25)39(44)27-19-21-31-32-22-20-28(40(45)38(43)26-13-5-2-6-14-26)24-36(32)41(35(31)23-27)33-17-9-7-15-29(33)30-16-8-10-18-34(30)41/h1-24H. The lowest BCUT2D eigenvalue weighted by molar-refractivity contribution is 0.0817. The van der Waals surface area contributed by atoms with Crippen LogP contribution in [0.2, 0.25) is 0 Å². The Kier molecular flexibility index (Phi) is 5.94. The van der Waals surface area contributed by atoms with Crippen LogP contribution in [0, 0.1) is 0 Å². The van der Waals surface area contributed by atoms with Crippen molar-refractivity contribution in [1.82, 2.24) is 0 Å². The van der Waals surface area contributed by atoms with E-state index < -0.39 is 28.5 Å². The molecule has 6 aromatic rings. The van der Waals surface area contributed by atoms with Crippen molar-refractivity contribution in [2.75, 3.05) is 0 Å². The molecule has 0 N–H and O–H groups in total. The molecule has 0 saturated heterocycles. The molecule has 0 saturated carbocycles. The predicted molar refractivity (Wildman–Crippen MR) is 173 cm³/mol. The molecule has 8 rings (SSSR count). The Hall–Kier alpha value is -6.00. The highest BCUT2D eigenvalue weighted by atomic mass is 16.2. The summed E-state index contributed by atoms with van der Waals surface area (Å²) in [4.78, 5) is 53.8. The monoisotopic (exact) mass is 580 g/mol. The second-order valence-electron chi connectivity index (χ2n) is 11.4. The maximum absolute atomic E-state index is 13.6. The van der Waals surface area contributed by atoms with Crippen molar-refractivity contribution in [1.29, 1.82) is 0 Å². The first kappa shape index (κ1) is 26.6. The lowest BCUT2D eigenvalue weighted by atomic mass is 9.70. The van der Waals surface area contributed by atoms with Crippen molar-refractivity contribution in [3.8, 4) is 22.3 Å². The number of ketones is 4. The van der Waals surface area contributed by atoms with Crippen LogP contribution in [0.3, 0.4) is 0 Å². The quantitative estimate of drug-likeness (QED) is 0.147. The second-order valence-corrected chi connectivity index (χ2v) is 11.4. The van der Waals surface area contributed by atoms with Gasteiger partial charge in [-0.1, -0.05) is 133 Å². The van der Waals surface area contributed by atoms with Crippen molar-refractivity contribution in [3.63, 3.8) is 0 Å². The van der Waals surface area contributed by atoms with E-state index in [0.717, 1.165) is 44.5 Å². The molecule has 0 atom stereocenters. The van der Waals surface area contributed by atoms with E-state index in [1.807, 2.05) is 48.5 Å². The molecular weight excluding hydrogens is 556 g/mol. The van der Waals surface area contributed by atoms with Gasteiger partial charge in [0.05, 0.1) is 5.41 Å². The van der Waals surface area contributed by atoms with Crippen LogP contribution in [-0.2, 0) is 5.41 Å². The van der Waals surface area contributed by atoms with Gasteiger partial charge < -0.3 is 0 Å². The van der Waals surface area contributed by atoms with Crippen LogP contribution in [0.5, 0.6) is 0 Å². The zero-order valence-electron chi connectivity index (χ0n) is 24.0. The maximum Gasteiger partial charge on any atom is 0.233 e. The van der Waals surface area contributed by atoms with Gasteiger partial charge in [0.15, 0.2) is 0 Å². The molecule has 6 aromatic carbocycles. The van der Waals surface area contributed by atoms with Gasteiger partial charge in [0, 0.05) is 22.3 Å². The average Bonchev–Trinajstić information content (AvgIpc) is 3.57. The Morgan fingerprint density at radius 2 is 0.644 bits per heavy atom. The van der Waals surface area contributed by atoms with Gasteiger partial charge in [-0.25, -0.2) is 0 Å². The van der Waals surface area contributed by atoms with E-state index in [9.17, 15) is 19.2 Å². The summed E-state index contributed by atoms with van der Waals surface area (Å²) in [5.41, 5.74) is 8.10. The molecular formula is C41H24O4. The van der Waals surface area contributed by atoms with Crippen LogP contribution in [0.25, 0.3) is 22.3 Å². The van der Waals surface area contributed by atoms with E-state index >= 15 is 0 Å². The molecule has 0 bridgehead atoms. The fourth-order valence-corrected chi connectivity index (χ4v) is 7.13. The van der Waals surface area contributed by atoms with Gasteiger partial charge in [-0.3, -0.25) is 19.2 Å². The van der Waals surface area contributed by atoms with Gasteiger partial charge in [-0.15, -0.1) is 0 Å². The number of hydrogen-bond acceptors (Lipinski definition) is 4. The normalized spacial score (nSPS) is 13.0. The molecule has 4 heteroatoms. The van der Waals surface area contributed by atoms with Crippen LogP contribution in [-0.4, -0.2) is 23.1 Å². The number of fused-ring (bicyclic) bond motifs is 10. The van der Waals surface area contributed by atoms with Gasteiger partial charge in [0.25, 0.3) is 0 Å². The Morgan fingerprint density at radius 1 is 0.311 bits per heavy atom. The van der Waals surface area contributed by atoms with Crippen molar-refractivity contribution in [2.24, 2.45) is 0 Å². The van der Waals surface area contributed by atoms with Crippen LogP contribution in [0.4, 0.5) is 0 Å². The molecule has 0 aliphatic heterocycles. The summed E-state index contributed by atoms with van der Waals surface area (Å²) in [6, 6.07) is 44.3. The van der Waals surface area contributed by atoms with Gasteiger partial charge in [-0.2, -0.15) is 0 Å². The number of Topliss-reactive ketones (excluding diaryl/α,β-unsaturated/α-hetero) is 4. The van der Waals surface area contributed by atoms with E-state index in [1.165, 1.54) is 0 Å². The zero-order chi connectivity index (χ0) is 30.7. The summed E-state index contributed by atoms with van der Waals surface area (Å²) in [5.74, 6) is -2.31. The fraction of sp³-hybridized carbons (Fsp3) is 0.0244. The first-order chi connectivity index (χ1) is 22.0. The van der Waals surface area contributed by atoms with Gasteiger partial charge >= 0.3 is 0 Å². The third-order valence-electron chi connectivity index (χ3n) is 9.10. The molecule has 0 unspecified atom stereocenters.